The zero-order valence-electron chi connectivity index (χ0n) is 11.5. The number of hydrogen-bond acceptors (Lipinski definition) is 5. The van der Waals surface area contributed by atoms with Gasteiger partial charge in [-0.3, -0.25) is 4.79 Å². The molecule has 1 aliphatic heterocycles. The number of carbonyl (C=O) groups is 1. The molecule has 0 aromatic carbocycles. The third-order valence-corrected chi connectivity index (χ3v) is 3.06. The van der Waals surface area contributed by atoms with E-state index in [1.54, 1.807) is 20.1 Å². The molecule has 0 bridgehead atoms. The highest BCUT2D eigenvalue weighted by Crippen LogP contribution is 2.14. The smallest absolute Gasteiger partial charge is 0.272 e. The van der Waals surface area contributed by atoms with Gasteiger partial charge in [-0.2, -0.15) is 0 Å². The second-order valence-electron chi connectivity index (χ2n) is 4.60. The maximum atomic E-state index is 12.3. The molecule has 1 N–H and O–H groups in total. The van der Waals surface area contributed by atoms with Crippen LogP contribution in [-0.4, -0.2) is 54.1 Å². The molecule has 0 unspecified atom stereocenters. The molecule has 0 radical (unpaired) electrons. The molecule has 1 saturated heterocycles. The van der Waals surface area contributed by atoms with Gasteiger partial charge < -0.3 is 15.0 Å². The Labute approximate surface area is 113 Å². The molecule has 0 spiro atoms. The first-order chi connectivity index (χ1) is 9.20. The van der Waals surface area contributed by atoms with Gasteiger partial charge in [0.15, 0.2) is 0 Å². The van der Waals surface area contributed by atoms with Crippen LogP contribution in [0.3, 0.4) is 0 Å². The van der Waals surface area contributed by atoms with Crippen LogP contribution in [0.25, 0.3) is 0 Å². The van der Waals surface area contributed by atoms with Gasteiger partial charge in [-0.15, -0.1) is 0 Å². The summed E-state index contributed by atoms with van der Waals surface area (Å²) in [6.45, 7) is 4.70. The molecule has 0 saturated carbocycles. The quantitative estimate of drug-likeness (QED) is 0.806. The van der Waals surface area contributed by atoms with Gasteiger partial charge in [-0.25, -0.2) is 9.97 Å². The van der Waals surface area contributed by atoms with Crippen LogP contribution in [0.5, 0.6) is 0 Å². The molecule has 1 aromatic rings. The summed E-state index contributed by atoms with van der Waals surface area (Å²) in [5, 5.41) is 3.13. The Morgan fingerprint density at radius 1 is 1.42 bits per heavy atom. The van der Waals surface area contributed by atoms with E-state index >= 15 is 0 Å². The van der Waals surface area contributed by atoms with Crippen molar-refractivity contribution in [1.29, 1.82) is 0 Å². The van der Waals surface area contributed by atoms with E-state index in [9.17, 15) is 4.79 Å². The van der Waals surface area contributed by atoms with E-state index in [1.165, 1.54) is 0 Å². The van der Waals surface area contributed by atoms with Crippen LogP contribution in [0.15, 0.2) is 6.07 Å². The largest absolute Gasteiger partial charge is 0.383 e. The van der Waals surface area contributed by atoms with E-state index in [1.807, 2.05) is 4.90 Å². The van der Waals surface area contributed by atoms with Gasteiger partial charge in [0.2, 0.25) is 0 Å². The van der Waals surface area contributed by atoms with Gasteiger partial charge in [-0.05, 0) is 19.8 Å². The summed E-state index contributed by atoms with van der Waals surface area (Å²) >= 11 is 0. The lowest BCUT2D eigenvalue weighted by Gasteiger charge is -2.15. The minimum Gasteiger partial charge on any atom is -0.383 e. The fraction of sp³-hybridized carbons (Fsp3) is 0.615. The van der Waals surface area contributed by atoms with Crippen LogP contribution in [0.1, 0.15) is 29.2 Å². The molecule has 1 amide bonds. The Hall–Kier alpha value is -1.69. The number of aromatic nitrogens is 2. The highest BCUT2D eigenvalue weighted by molar-refractivity contribution is 5.93. The van der Waals surface area contributed by atoms with Crippen LogP contribution >= 0.6 is 0 Å². The van der Waals surface area contributed by atoms with E-state index in [2.05, 4.69) is 15.3 Å². The van der Waals surface area contributed by atoms with E-state index in [-0.39, 0.29) is 5.91 Å². The lowest BCUT2D eigenvalue weighted by atomic mass is 10.3. The zero-order chi connectivity index (χ0) is 13.7. The second kappa shape index (κ2) is 6.47. The first kappa shape index (κ1) is 13.7. The van der Waals surface area contributed by atoms with Gasteiger partial charge in [0.1, 0.15) is 17.3 Å². The number of anilines is 1. The molecule has 6 heteroatoms. The van der Waals surface area contributed by atoms with Crippen molar-refractivity contribution in [3.63, 3.8) is 0 Å². The van der Waals surface area contributed by atoms with Crippen LogP contribution in [0.2, 0.25) is 0 Å². The highest BCUT2D eigenvalue weighted by atomic mass is 16.5. The Bertz CT molecular complexity index is 444. The van der Waals surface area contributed by atoms with Gasteiger partial charge in [0, 0.05) is 32.8 Å². The van der Waals surface area contributed by atoms with Crippen molar-refractivity contribution in [1.82, 2.24) is 14.9 Å². The zero-order valence-corrected chi connectivity index (χ0v) is 11.5. The van der Waals surface area contributed by atoms with Crippen LogP contribution in [-0.2, 0) is 4.74 Å². The maximum absolute atomic E-state index is 12.3. The van der Waals surface area contributed by atoms with Crippen molar-refractivity contribution >= 4 is 11.7 Å². The molecule has 2 heterocycles. The number of hydrogen-bond donors (Lipinski definition) is 1. The lowest BCUT2D eigenvalue weighted by molar-refractivity contribution is 0.0786. The molecular weight excluding hydrogens is 244 g/mol. The first-order valence-electron chi connectivity index (χ1n) is 6.58. The standard InChI is InChI=1S/C13H20N4O2/c1-10-15-11(13(18)17-6-3-4-7-17)9-12(16-10)14-5-8-19-2/h9H,3-8H2,1-2H3,(H,14,15,16). The van der Waals surface area contributed by atoms with Crippen molar-refractivity contribution in [2.24, 2.45) is 0 Å². The van der Waals surface area contributed by atoms with Gasteiger partial charge >= 0.3 is 0 Å². The second-order valence-corrected chi connectivity index (χ2v) is 4.60. The van der Waals surface area contributed by atoms with E-state index in [0.717, 1.165) is 25.9 Å². The summed E-state index contributed by atoms with van der Waals surface area (Å²) in [6, 6.07) is 1.71. The summed E-state index contributed by atoms with van der Waals surface area (Å²) in [7, 11) is 1.65. The number of nitrogens with zero attached hydrogens (tertiary/aromatic N) is 3. The molecule has 0 atom stereocenters. The van der Waals surface area contributed by atoms with Gasteiger partial charge in [0.25, 0.3) is 5.91 Å². The fourth-order valence-electron chi connectivity index (χ4n) is 2.13. The minimum atomic E-state index is -0.00204. The predicted octanol–water partition coefficient (Wildman–Crippen LogP) is 1.08. The molecule has 1 aliphatic rings. The number of amides is 1. The Kier molecular flexibility index (Phi) is 4.68. The van der Waals surface area contributed by atoms with Crippen LogP contribution < -0.4 is 5.32 Å². The van der Waals surface area contributed by atoms with Crippen molar-refractivity contribution in [2.75, 3.05) is 38.7 Å². The number of rotatable bonds is 5. The Morgan fingerprint density at radius 3 is 2.84 bits per heavy atom. The van der Waals surface area contributed by atoms with Crippen molar-refractivity contribution in [3.05, 3.63) is 17.6 Å². The molecule has 0 aliphatic carbocycles. The molecular formula is C13H20N4O2. The van der Waals surface area contributed by atoms with Crippen LogP contribution in [0, 0.1) is 6.92 Å². The van der Waals surface area contributed by atoms with Gasteiger partial charge in [-0.1, -0.05) is 0 Å². The van der Waals surface area contributed by atoms with E-state index in [0.29, 0.717) is 30.5 Å². The van der Waals surface area contributed by atoms with E-state index < -0.39 is 0 Å². The number of nitrogens with one attached hydrogen (secondary N) is 1. The molecule has 19 heavy (non-hydrogen) atoms. The average Bonchev–Trinajstić information content (AvgIpc) is 2.91. The average molecular weight is 264 g/mol. The first-order valence-corrected chi connectivity index (χ1v) is 6.58. The predicted molar refractivity (Wildman–Crippen MR) is 72.3 cm³/mol. The van der Waals surface area contributed by atoms with E-state index in [4.69, 9.17) is 4.74 Å². The third-order valence-electron chi connectivity index (χ3n) is 3.06. The minimum absolute atomic E-state index is 0.00204. The number of aryl methyl sites for hydroxylation is 1. The fourth-order valence-corrected chi connectivity index (χ4v) is 2.13. The van der Waals surface area contributed by atoms with Crippen LogP contribution in [0.4, 0.5) is 5.82 Å². The molecule has 1 aromatic heterocycles. The Morgan fingerprint density at radius 2 is 2.16 bits per heavy atom. The number of carbonyl (C=O) groups excluding carboxylic acids is 1. The molecule has 104 valence electrons. The summed E-state index contributed by atoms with van der Waals surface area (Å²) < 4.78 is 4.97. The third kappa shape index (κ3) is 3.64. The van der Waals surface area contributed by atoms with Gasteiger partial charge in [0.05, 0.1) is 6.61 Å². The highest BCUT2D eigenvalue weighted by Gasteiger charge is 2.21. The summed E-state index contributed by atoms with van der Waals surface area (Å²) in [6.07, 6.45) is 2.16. The number of ether oxygens (including phenoxy) is 1. The van der Waals surface area contributed by atoms with Crippen molar-refractivity contribution in [2.45, 2.75) is 19.8 Å². The lowest BCUT2D eigenvalue weighted by Crippen LogP contribution is -2.28. The summed E-state index contributed by atoms with van der Waals surface area (Å²) in [5.41, 5.74) is 0.467. The van der Waals surface area contributed by atoms with Crippen molar-refractivity contribution < 1.29 is 9.53 Å². The number of methoxy groups -OCH3 is 1. The molecule has 6 nitrogen and oxygen atoms in total. The summed E-state index contributed by atoms with van der Waals surface area (Å²) in [4.78, 5) is 22.6. The monoisotopic (exact) mass is 264 g/mol. The molecule has 2 rings (SSSR count). The SMILES string of the molecule is COCCNc1cc(C(=O)N2CCCC2)nc(C)n1. The normalized spacial score (nSPS) is 14.7. The topological polar surface area (TPSA) is 67.3 Å². The number of likely N-dealkylation sites (tertiary alicyclic amines) is 1. The van der Waals surface area contributed by atoms with Crippen molar-refractivity contribution in [3.8, 4) is 0 Å². The Balaban J connectivity index is 2.09. The molecule has 1 fully saturated rings. The maximum Gasteiger partial charge on any atom is 0.272 e. The summed E-state index contributed by atoms with van der Waals surface area (Å²) in [5.74, 6) is 1.27.